The molecule has 1 aromatic rings. The van der Waals surface area contributed by atoms with Crippen LogP contribution < -0.4 is 5.32 Å². The summed E-state index contributed by atoms with van der Waals surface area (Å²) in [6.07, 6.45) is 3.67. The molecule has 0 radical (unpaired) electrons. The largest absolute Gasteiger partial charge is 0.377 e. The fraction of sp³-hybridized carbons (Fsp3) is 0.533. The highest BCUT2D eigenvalue weighted by atomic mass is 79.9. The Balaban J connectivity index is 1.80. The van der Waals surface area contributed by atoms with Crippen molar-refractivity contribution in [3.63, 3.8) is 0 Å². The van der Waals surface area contributed by atoms with Crippen LogP contribution >= 0.6 is 27.5 Å². The molecular weight excluding hydrogens is 356 g/mol. The number of anilines is 1. The third-order valence-electron chi connectivity index (χ3n) is 3.41. The number of hydrogen-bond donors (Lipinski definition) is 1. The minimum absolute atomic E-state index is 0.0717. The standard InChI is InChI=1S/C15H20BrClN2O2/c1-19(9-12-4-2-3-7-21-12)10-15(20)18-14-6-5-11(16)8-13(14)17/h5-6,8,12H,2-4,7,9-10H2,1H3,(H,18,20). The average molecular weight is 376 g/mol. The van der Waals surface area contributed by atoms with Crippen molar-refractivity contribution in [1.82, 2.24) is 4.90 Å². The summed E-state index contributed by atoms with van der Waals surface area (Å²) >= 11 is 9.43. The molecule has 21 heavy (non-hydrogen) atoms. The first-order chi connectivity index (χ1) is 10.0. The second kappa shape index (κ2) is 8.13. The molecular formula is C15H20BrClN2O2. The molecule has 6 heteroatoms. The van der Waals surface area contributed by atoms with Crippen molar-refractivity contribution in [3.05, 3.63) is 27.7 Å². The molecule has 0 spiro atoms. The molecule has 1 fully saturated rings. The van der Waals surface area contributed by atoms with Gasteiger partial charge in [0.2, 0.25) is 5.91 Å². The Morgan fingerprint density at radius 3 is 3.00 bits per heavy atom. The molecule has 4 nitrogen and oxygen atoms in total. The van der Waals surface area contributed by atoms with Gasteiger partial charge in [0.05, 0.1) is 23.4 Å². The van der Waals surface area contributed by atoms with Crippen LogP contribution in [-0.4, -0.2) is 43.7 Å². The van der Waals surface area contributed by atoms with Crippen molar-refractivity contribution in [2.24, 2.45) is 0 Å². The van der Waals surface area contributed by atoms with Crippen molar-refractivity contribution >= 4 is 39.1 Å². The summed E-state index contributed by atoms with van der Waals surface area (Å²) in [6, 6.07) is 5.40. The molecule has 1 amide bonds. The molecule has 1 N–H and O–H groups in total. The van der Waals surface area contributed by atoms with Crippen molar-refractivity contribution in [2.45, 2.75) is 25.4 Å². The summed E-state index contributed by atoms with van der Waals surface area (Å²) in [5.74, 6) is -0.0717. The molecule has 0 aliphatic carbocycles. The first-order valence-corrected chi connectivity index (χ1v) is 8.27. The number of nitrogens with one attached hydrogen (secondary N) is 1. The fourth-order valence-electron chi connectivity index (χ4n) is 2.39. The quantitative estimate of drug-likeness (QED) is 0.856. The normalized spacial score (nSPS) is 18.8. The van der Waals surface area contributed by atoms with Gasteiger partial charge in [0.15, 0.2) is 0 Å². The van der Waals surface area contributed by atoms with Crippen LogP contribution in [0.15, 0.2) is 22.7 Å². The molecule has 1 atom stereocenters. The van der Waals surface area contributed by atoms with E-state index in [1.165, 1.54) is 6.42 Å². The number of ether oxygens (including phenoxy) is 1. The number of carbonyl (C=O) groups is 1. The average Bonchev–Trinajstić information content (AvgIpc) is 2.43. The zero-order chi connectivity index (χ0) is 15.2. The van der Waals surface area contributed by atoms with Gasteiger partial charge in [-0.3, -0.25) is 9.69 Å². The lowest BCUT2D eigenvalue weighted by Gasteiger charge is -2.27. The molecule has 2 rings (SSSR count). The van der Waals surface area contributed by atoms with E-state index in [4.69, 9.17) is 16.3 Å². The van der Waals surface area contributed by atoms with Crippen LogP contribution in [0.3, 0.4) is 0 Å². The number of hydrogen-bond acceptors (Lipinski definition) is 3. The fourth-order valence-corrected chi connectivity index (χ4v) is 3.11. The van der Waals surface area contributed by atoms with Crippen molar-refractivity contribution in [3.8, 4) is 0 Å². The van der Waals surface area contributed by atoms with Crippen LogP contribution in [0.5, 0.6) is 0 Å². The first kappa shape index (κ1) is 16.7. The molecule has 1 aliphatic rings. The summed E-state index contributed by atoms with van der Waals surface area (Å²) in [5.41, 5.74) is 0.632. The first-order valence-electron chi connectivity index (χ1n) is 7.09. The van der Waals surface area contributed by atoms with Crippen LogP contribution in [-0.2, 0) is 9.53 Å². The topological polar surface area (TPSA) is 41.6 Å². The van der Waals surface area contributed by atoms with E-state index < -0.39 is 0 Å². The van der Waals surface area contributed by atoms with E-state index in [2.05, 4.69) is 21.2 Å². The lowest BCUT2D eigenvalue weighted by atomic mass is 10.1. The maximum absolute atomic E-state index is 12.0. The predicted molar refractivity (Wildman–Crippen MR) is 88.9 cm³/mol. The Bertz CT molecular complexity index is 493. The number of carbonyl (C=O) groups excluding carboxylic acids is 1. The molecule has 0 bridgehead atoms. The van der Waals surface area contributed by atoms with E-state index in [0.29, 0.717) is 17.3 Å². The van der Waals surface area contributed by atoms with E-state index in [9.17, 15) is 4.79 Å². The number of amides is 1. The summed E-state index contributed by atoms with van der Waals surface area (Å²) < 4.78 is 6.57. The number of benzene rings is 1. The molecule has 1 aliphatic heterocycles. The molecule has 1 heterocycles. The Morgan fingerprint density at radius 2 is 2.33 bits per heavy atom. The smallest absolute Gasteiger partial charge is 0.238 e. The monoisotopic (exact) mass is 374 g/mol. The van der Waals surface area contributed by atoms with Crippen LogP contribution in [0, 0.1) is 0 Å². The van der Waals surface area contributed by atoms with Crippen LogP contribution in [0.1, 0.15) is 19.3 Å². The van der Waals surface area contributed by atoms with Gasteiger partial charge < -0.3 is 10.1 Å². The Labute approximate surface area is 138 Å². The number of rotatable bonds is 5. The molecule has 0 aromatic heterocycles. The van der Waals surface area contributed by atoms with Gasteiger partial charge in [-0.25, -0.2) is 0 Å². The third kappa shape index (κ3) is 5.58. The maximum atomic E-state index is 12.0. The molecule has 116 valence electrons. The maximum Gasteiger partial charge on any atom is 0.238 e. The van der Waals surface area contributed by atoms with Crippen molar-refractivity contribution in [2.75, 3.05) is 32.1 Å². The highest BCUT2D eigenvalue weighted by molar-refractivity contribution is 9.10. The van der Waals surface area contributed by atoms with Crippen LogP contribution in [0.25, 0.3) is 0 Å². The second-order valence-electron chi connectivity index (χ2n) is 5.36. The second-order valence-corrected chi connectivity index (χ2v) is 6.68. The molecule has 1 unspecified atom stereocenters. The Hall–Kier alpha value is -0.620. The highest BCUT2D eigenvalue weighted by Gasteiger charge is 2.17. The summed E-state index contributed by atoms with van der Waals surface area (Å²) in [6.45, 7) is 1.94. The zero-order valence-corrected chi connectivity index (χ0v) is 14.4. The van der Waals surface area contributed by atoms with Gasteiger partial charge in [-0.15, -0.1) is 0 Å². The predicted octanol–water partition coefficient (Wildman–Crippen LogP) is 3.54. The van der Waals surface area contributed by atoms with E-state index in [1.54, 1.807) is 12.1 Å². The minimum Gasteiger partial charge on any atom is -0.377 e. The summed E-state index contributed by atoms with van der Waals surface area (Å²) in [4.78, 5) is 14.0. The molecule has 1 saturated heterocycles. The van der Waals surface area contributed by atoms with Gasteiger partial charge in [0.25, 0.3) is 0 Å². The molecule has 0 saturated carbocycles. The number of nitrogens with zero attached hydrogens (tertiary/aromatic N) is 1. The van der Waals surface area contributed by atoms with Gasteiger partial charge >= 0.3 is 0 Å². The summed E-state index contributed by atoms with van der Waals surface area (Å²) in [5, 5.41) is 3.36. The minimum atomic E-state index is -0.0717. The SMILES string of the molecule is CN(CC(=O)Nc1ccc(Br)cc1Cl)CC1CCCCO1. The lowest BCUT2D eigenvalue weighted by molar-refractivity contribution is -0.117. The molecule has 1 aromatic carbocycles. The van der Waals surface area contributed by atoms with Crippen LogP contribution in [0.2, 0.25) is 5.02 Å². The van der Waals surface area contributed by atoms with Gasteiger partial charge in [0.1, 0.15) is 0 Å². The van der Waals surface area contributed by atoms with Gasteiger partial charge in [0, 0.05) is 17.6 Å². The van der Waals surface area contributed by atoms with Crippen molar-refractivity contribution in [1.29, 1.82) is 0 Å². The van der Waals surface area contributed by atoms with E-state index in [-0.39, 0.29) is 12.0 Å². The Kier molecular flexibility index (Phi) is 6.48. The Morgan fingerprint density at radius 1 is 1.52 bits per heavy atom. The summed E-state index contributed by atoms with van der Waals surface area (Å²) in [7, 11) is 1.93. The van der Waals surface area contributed by atoms with Crippen LogP contribution in [0.4, 0.5) is 5.69 Å². The zero-order valence-electron chi connectivity index (χ0n) is 12.1. The van der Waals surface area contributed by atoms with Gasteiger partial charge in [-0.05, 0) is 44.5 Å². The lowest BCUT2D eigenvalue weighted by Crippen LogP contribution is -2.37. The van der Waals surface area contributed by atoms with E-state index in [1.807, 2.05) is 18.0 Å². The van der Waals surface area contributed by atoms with E-state index >= 15 is 0 Å². The highest BCUT2D eigenvalue weighted by Crippen LogP contribution is 2.25. The number of halogens is 2. The van der Waals surface area contributed by atoms with Gasteiger partial charge in [-0.1, -0.05) is 27.5 Å². The number of likely N-dealkylation sites (N-methyl/N-ethyl adjacent to an activating group) is 1. The van der Waals surface area contributed by atoms with Crippen molar-refractivity contribution < 1.29 is 9.53 Å². The van der Waals surface area contributed by atoms with Gasteiger partial charge in [-0.2, -0.15) is 0 Å². The third-order valence-corrected chi connectivity index (χ3v) is 4.21. The van der Waals surface area contributed by atoms with E-state index in [0.717, 1.165) is 30.5 Å².